The van der Waals surface area contributed by atoms with E-state index in [1.54, 1.807) is 73.7 Å². The number of fused-ring (bicyclic) bond motifs is 1. The number of aromatic carboxylic acids is 1. The van der Waals surface area contributed by atoms with Gasteiger partial charge in [-0.1, -0.05) is 30.7 Å². The molecule has 4 aliphatic rings. The van der Waals surface area contributed by atoms with Gasteiger partial charge in [-0.15, -0.1) is 47.3 Å². The average molecular weight is 2060 g/mol. The molecular formula is C73H102BBr3I3N10O16V. The van der Waals surface area contributed by atoms with Crippen LogP contribution in [-0.2, 0) is 4.92 Å². The van der Waals surface area contributed by atoms with Crippen LogP contribution in [0.25, 0.3) is 16.6 Å². The second-order valence-corrected chi connectivity index (χ2v) is 66.3. The van der Waals surface area contributed by atoms with Crippen molar-refractivity contribution >= 4 is 150 Å². The molecule has 0 radical (unpaired) electrons. The number of halogens is 6. The number of nitro benzene ring substituents is 2. The fourth-order valence-corrected chi connectivity index (χ4v) is 11.5. The maximum absolute atomic E-state index is 13.1. The number of carboxylic acid groups (broad SMARTS) is 1. The van der Waals surface area contributed by atoms with E-state index in [1.165, 1.54) is 127 Å². The van der Waals surface area contributed by atoms with Crippen molar-refractivity contribution in [1.82, 2.24) is 29.2 Å². The number of phenolic OH excluding ortho intramolecular Hbond substituents is 3. The van der Waals surface area contributed by atoms with E-state index in [2.05, 4.69) is 132 Å². The SMILES string of the molecule is BrB(Br)Br.C.CO.COc1cc(OCCCN2CCCC2)ccc1[N+](=O)[O-].Cc1ccc(N)c(C(=O)O)c1.Cc1ccc2nc(C)n(-c3ccc(OCCCN4CCCC4)cc3O)c(=O)c2c1.Nc1ccc(OCCCN2CCCC2)cc1O.O=[N+]([O-])c1ccc(OCCCN2CCCC2)cc1O.[I][V]([I])[I]. The molecule has 0 unspecified atom stereocenters. The van der Waals surface area contributed by atoms with Crippen molar-refractivity contribution in [2.45, 2.75) is 105 Å². The summed E-state index contributed by atoms with van der Waals surface area (Å²) in [4.78, 5) is 57.8. The van der Waals surface area contributed by atoms with Crippen LogP contribution in [0, 0.1) is 41.0 Å². The number of nitrogens with two attached hydrogens (primary N) is 2. The average Bonchev–Trinajstić information content (AvgIpc) is 1.37. The molecule has 0 amide bonds. The number of aliphatic hydroxyl groups is 1. The van der Waals surface area contributed by atoms with Crippen LogP contribution < -0.4 is 40.7 Å². The van der Waals surface area contributed by atoms with Crippen molar-refractivity contribution in [3.8, 4) is 51.7 Å². The van der Waals surface area contributed by atoms with Crippen molar-refractivity contribution in [1.29, 1.82) is 0 Å². The number of aromatic nitrogens is 2. The second-order valence-electron chi connectivity index (χ2n) is 24.5. The number of ether oxygens (including phenoxy) is 5. The number of anilines is 2. The zero-order valence-electron chi connectivity index (χ0n) is 60.4. The number of benzene rings is 6. The molecular weight excluding hydrogens is 1960 g/mol. The first kappa shape index (κ1) is 96.0. The Kier molecular flexibility index (Phi) is 48.1. The van der Waals surface area contributed by atoms with Gasteiger partial charge in [0, 0.05) is 75.4 Å². The molecule has 107 heavy (non-hydrogen) atoms. The normalized spacial score (nSPS) is 13.8. The van der Waals surface area contributed by atoms with E-state index in [9.17, 15) is 45.1 Å². The van der Waals surface area contributed by atoms with Gasteiger partial charge in [0.05, 0.1) is 71.2 Å². The summed E-state index contributed by atoms with van der Waals surface area (Å²) in [6.45, 7) is 21.7. The topological polar surface area (TPSA) is 351 Å². The van der Waals surface area contributed by atoms with Crippen LogP contribution >= 0.6 is 107 Å². The Morgan fingerprint density at radius 3 is 1.28 bits per heavy atom. The van der Waals surface area contributed by atoms with E-state index in [1.807, 2.05) is 32.0 Å². The van der Waals surface area contributed by atoms with E-state index >= 15 is 0 Å². The molecule has 4 fully saturated rings. The van der Waals surface area contributed by atoms with Crippen LogP contribution in [-0.4, -0.2) is 193 Å². The van der Waals surface area contributed by atoms with E-state index in [0.717, 1.165) is 83.2 Å². The molecule has 1 aromatic heterocycles. The Morgan fingerprint density at radius 1 is 0.551 bits per heavy atom. The van der Waals surface area contributed by atoms with Crippen LogP contribution in [0.15, 0.2) is 114 Å². The summed E-state index contributed by atoms with van der Waals surface area (Å²) in [5.74, 6) is 1.85. The number of nitrogen functional groups attached to an aromatic ring is 2. The maximum atomic E-state index is 13.1. The Morgan fingerprint density at radius 2 is 0.907 bits per heavy atom. The molecule has 11 rings (SSSR count). The molecule has 0 spiro atoms. The molecule has 5 heterocycles. The van der Waals surface area contributed by atoms with Crippen LogP contribution in [0.1, 0.15) is 112 Å². The van der Waals surface area contributed by atoms with Gasteiger partial charge in [0.1, 0.15) is 40.3 Å². The number of hydrogen-bond donors (Lipinski definition) is 7. The third-order valence-electron chi connectivity index (χ3n) is 16.7. The Balaban J connectivity index is 0.000000344. The fraction of sp³-hybridized carbons (Fsp3) is 0.466. The van der Waals surface area contributed by atoms with Crippen molar-refractivity contribution < 1.29 is 68.8 Å². The molecule has 4 aliphatic heterocycles. The molecule has 590 valence electrons. The summed E-state index contributed by atoms with van der Waals surface area (Å²) < 4.78 is 29.2. The van der Waals surface area contributed by atoms with E-state index in [0.29, 0.717) is 83.2 Å². The predicted octanol–water partition coefficient (Wildman–Crippen LogP) is 16.4. The van der Waals surface area contributed by atoms with Crippen molar-refractivity contribution in [3.05, 3.63) is 162 Å². The number of carbonyl (C=O) groups is 1. The number of methoxy groups -OCH3 is 1. The standard InChI is InChI=1S/C23H27N3O3.C14H20N2O4.C13H18N2O4.C13H20N2O2.C8H9NO2.CH4O.CH4.BBr3.3HI.V/c1-16-6-8-20-19(14-16)23(28)26(17(2)24-20)21-9-7-18(15-22(21)27)29-13-5-12-25-10-3-4-11-25;1-19-14-11-12(5-6-13(14)16(17)18)20-10-4-9-15-7-2-3-8-15;16-13-10-11(4-5-12(13)15(17)18)19-9-3-8-14-6-1-2-7-14;14-12-5-4-11(10-13(12)16)17-9-3-8-15-6-1-2-7-15;1-5-2-3-7(9)6(4-5)8(10)11;1-2;;2-1(3)4;;;;/h6-9,14-15,27H,3-5,10-13H2,1-2H3;5-6,11H,2-4,7-10H2,1H3;4-5,10,16H,1-3,6-9H2;4-5,10,16H,1-3,6-9,14H2;2-4H,9H2,1H3,(H,10,11);2H,1H3;1H4;;3*1H;/q;;;;;;;;;;;+3/p-3. The first-order valence-electron chi connectivity index (χ1n) is 34.6. The summed E-state index contributed by atoms with van der Waals surface area (Å²) in [6, 6.07) is 29.2. The van der Waals surface area contributed by atoms with Gasteiger partial charge in [-0.3, -0.25) is 29.6 Å². The zero-order valence-corrected chi connectivity index (χ0v) is 73.1. The molecule has 0 bridgehead atoms. The molecule has 0 saturated carbocycles. The van der Waals surface area contributed by atoms with E-state index in [4.69, 9.17) is 45.4 Å². The fourth-order valence-electron chi connectivity index (χ4n) is 11.5. The number of rotatable bonds is 25. The van der Waals surface area contributed by atoms with Crippen molar-refractivity contribution in [3.63, 3.8) is 0 Å². The third-order valence-corrected chi connectivity index (χ3v) is 16.7. The monoisotopic (exact) mass is 2050 g/mol. The number of aliphatic hydroxyl groups excluding tert-OH is 1. The summed E-state index contributed by atoms with van der Waals surface area (Å²) in [6.07, 6.45) is 14.2. The molecule has 34 heteroatoms. The number of nitro groups is 2. The van der Waals surface area contributed by atoms with Gasteiger partial charge in [0.25, 0.3) is 5.56 Å². The van der Waals surface area contributed by atoms with Gasteiger partial charge in [0.2, 0.25) is 5.75 Å². The van der Waals surface area contributed by atoms with Crippen molar-refractivity contribution in [2.75, 3.05) is 131 Å². The first-order valence-corrected chi connectivity index (χ1v) is 50.9. The Bertz CT molecular complexity index is 3850. The predicted molar refractivity (Wildman–Crippen MR) is 461 cm³/mol. The minimum absolute atomic E-state index is 0. The van der Waals surface area contributed by atoms with Crippen LogP contribution in [0.3, 0.4) is 0 Å². The van der Waals surface area contributed by atoms with Crippen molar-refractivity contribution in [2.24, 2.45) is 0 Å². The van der Waals surface area contributed by atoms with Gasteiger partial charge in [-0.25, -0.2) is 9.78 Å². The van der Waals surface area contributed by atoms with Gasteiger partial charge >= 0.3 is 85.4 Å². The molecule has 4 saturated heterocycles. The van der Waals surface area contributed by atoms with Gasteiger partial charge in [-0.05, 0) is 211 Å². The number of phenols is 3. The Hall–Kier alpha value is -5.19. The molecule has 0 atom stereocenters. The summed E-state index contributed by atoms with van der Waals surface area (Å²) in [5, 5.41) is 66.9. The number of aryl methyl sites for hydroxylation is 3. The number of likely N-dealkylation sites (tertiary alicyclic amines) is 4. The number of carboxylic acids is 1. The van der Waals surface area contributed by atoms with E-state index in [-0.39, 0.29) is 61.0 Å². The summed E-state index contributed by atoms with van der Waals surface area (Å²) >= 11 is 16.7. The second kappa shape index (κ2) is 53.7. The van der Waals surface area contributed by atoms with Crippen LogP contribution in [0.2, 0.25) is 0 Å². The molecule has 0 aliphatic carbocycles. The van der Waals surface area contributed by atoms with Gasteiger partial charge in [-0.2, -0.15) is 0 Å². The third kappa shape index (κ3) is 37.1. The number of aromatic hydroxyl groups is 3. The Labute approximate surface area is 690 Å². The van der Waals surface area contributed by atoms with E-state index < -0.39 is 15.8 Å². The number of nitrogens with zero attached hydrogens (tertiary/aromatic N) is 8. The van der Waals surface area contributed by atoms with Gasteiger partial charge < -0.3 is 80.3 Å². The van der Waals surface area contributed by atoms with Gasteiger partial charge in [0.15, 0.2) is 5.75 Å². The van der Waals surface area contributed by atoms with Crippen LogP contribution in [0.5, 0.6) is 46.0 Å². The van der Waals surface area contributed by atoms with Crippen LogP contribution in [0.4, 0.5) is 22.7 Å². The molecule has 6 aromatic carbocycles. The zero-order chi connectivity index (χ0) is 78.1. The first-order chi connectivity index (χ1) is 50.7. The minimum atomic E-state index is -0.980. The summed E-state index contributed by atoms with van der Waals surface area (Å²) in [7, 11) is 2.42. The number of hydrogen-bond acceptors (Lipinski definition) is 22. The molecule has 9 N–H and O–H groups in total. The molecule has 26 nitrogen and oxygen atoms in total. The quantitative estimate of drug-likeness (QED) is 0.00531. The molecule has 7 aromatic rings. The summed E-state index contributed by atoms with van der Waals surface area (Å²) in [5.41, 5.74) is 14.2.